The minimum atomic E-state index is -0.202. The van der Waals surface area contributed by atoms with Crippen molar-refractivity contribution < 1.29 is 9.18 Å². The van der Waals surface area contributed by atoms with Gasteiger partial charge in [-0.3, -0.25) is 15.0 Å². The predicted molar refractivity (Wildman–Crippen MR) is 105 cm³/mol. The summed E-state index contributed by atoms with van der Waals surface area (Å²) in [6.07, 6.45) is 1.06. The molecular formula is C17H22FN5OS2. The monoisotopic (exact) mass is 395 g/mol. The van der Waals surface area contributed by atoms with Gasteiger partial charge in [-0.15, -0.1) is 0 Å². The second kappa shape index (κ2) is 9.29. The van der Waals surface area contributed by atoms with Gasteiger partial charge < -0.3 is 4.90 Å². The molecule has 1 fully saturated rings. The summed E-state index contributed by atoms with van der Waals surface area (Å²) in [6.45, 7) is 5.25. The van der Waals surface area contributed by atoms with Gasteiger partial charge in [0, 0.05) is 43.5 Å². The van der Waals surface area contributed by atoms with E-state index in [9.17, 15) is 9.18 Å². The number of anilines is 2. The highest BCUT2D eigenvalue weighted by molar-refractivity contribution is 7.99. The van der Waals surface area contributed by atoms with Crippen LogP contribution in [0, 0.1) is 5.82 Å². The van der Waals surface area contributed by atoms with Crippen molar-refractivity contribution >= 4 is 40.0 Å². The summed E-state index contributed by atoms with van der Waals surface area (Å²) in [5, 5.41) is 4.07. The van der Waals surface area contributed by atoms with Gasteiger partial charge in [0.25, 0.3) is 0 Å². The summed E-state index contributed by atoms with van der Waals surface area (Å²) in [7, 11) is 0. The molecule has 6 nitrogen and oxygen atoms in total. The van der Waals surface area contributed by atoms with E-state index in [4.69, 9.17) is 0 Å². The number of nitrogens with zero attached hydrogens (tertiary/aromatic N) is 4. The third kappa shape index (κ3) is 5.15. The number of thioether (sulfide) groups is 1. The van der Waals surface area contributed by atoms with Crippen LogP contribution >= 0.6 is 23.3 Å². The molecule has 1 N–H and O–H groups in total. The van der Waals surface area contributed by atoms with Gasteiger partial charge in [0.05, 0.1) is 12.2 Å². The maximum Gasteiger partial charge on any atom is 0.240 e. The lowest BCUT2D eigenvalue weighted by Gasteiger charge is -2.35. The molecule has 1 aliphatic heterocycles. The van der Waals surface area contributed by atoms with Crippen LogP contribution in [0.3, 0.4) is 0 Å². The average Bonchev–Trinajstić information content (AvgIpc) is 3.08. The Hall–Kier alpha value is -1.71. The van der Waals surface area contributed by atoms with E-state index in [0.29, 0.717) is 35.6 Å². The molecule has 0 spiro atoms. The standard InChI is InChI=1S/C17H22FN5OS2/c1-2-11-25-17-20-16(26-21-17)19-15(24)12-22-7-9-23(10-8-22)14-6-4-3-5-13(14)18/h3-6H,2,7-12H2,1H3,(H,19,20,21,24). The van der Waals surface area contributed by atoms with E-state index in [-0.39, 0.29) is 11.7 Å². The van der Waals surface area contributed by atoms with E-state index in [1.54, 1.807) is 23.9 Å². The molecular weight excluding hydrogens is 373 g/mol. The largest absolute Gasteiger partial charge is 0.367 e. The number of piperazine rings is 1. The van der Waals surface area contributed by atoms with Crippen LogP contribution in [-0.4, -0.2) is 58.6 Å². The van der Waals surface area contributed by atoms with E-state index < -0.39 is 0 Å². The van der Waals surface area contributed by atoms with Gasteiger partial charge in [0.1, 0.15) is 5.82 Å². The summed E-state index contributed by atoms with van der Waals surface area (Å²) < 4.78 is 18.1. The Morgan fingerprint density at radius 3 is 2.81 bits per heavy atom. The molecule has 1 aliphatic rings. The normalized spacial score (nSPS) is 15.2. The van der Waals surface area contributed by atoms with E-state index in [0.717, 1.165) is 25.3 Å². The fraction of sp³-hybridized carbons (Fsp3) is 0.471. The first-order valence-corrected chi connectivity index (χ1v) is 10.4. The Balaban J connectivity index is 1.45. The van der Waals surface area contributed by atoms with Crippen molar-refractivity contribution in [3.8, 4) is 0 Å². The molecule has 0 radical (unpaired) electrons. The highest BCUT2D eigenvalue weighted by Crippen LogP contribution is 2.21. The number of amides is 1. The van der Waals surface area contributed by atoms with Crippen molar-refractivity contribution in [2.24, 2.45) is 0 Å². The Bertz CT molecular complexity index is 733. The number of para-hydroxylation sites is 1. The lowest BCUT2D eigenvalue weighted by molar-refractivity contribution is -0.117. The molecule has 0 unspecified atom stereocenters. The van der Waals surface area contributed by atoms with Crippen molar-refractivity contribution in [2.75, 3.05) is 48.7 Å². The third-order valence-corrected chi connectivity index (χ3v) is 5.82. The fourth-order valence-corrected chi connectivity index (χ4v) is 4.14. The first-order valence-electron chi connectivity index (χ1n) is 8.64. The Kier molecular flexibility index (Phi) is 6.81. The van der Waals surface area contributed by atoms with Crippen molar-refractivity contribution in [3.63, 3.8) is 0 Å². The quantitative estimate of drug-likeness (QED) is 0.728. The molecule has 1 aromatic heterocycles. The van der Waals surface area contributed by atoms with Crippen LogP contribution in [0.2, 0.25) is 0 Å². The Morgan fingerprint density at radius 1 is 1.31 bits per heavy atom. The highest BCUT2D eigenvalue weighted by atomic mass is 32.2. The van der Waals surface area contributed by atoms with Crippen LogP contribution in [0.1, 0.15) is 13.3 Å². The van der Waals surface area contributed by atoms with E-state index >= 15 is 0 Å². The molecule has 1 saturated heterocycles. The minimum Gasteiger partial charge on any atom is -0.367 e. The van der Waals surface area contributed by atoms with Crippen molar-refractivity contribution in [2.45, 2.75) is 18.5 Å². The molecule has 1 amide bonds. The van der Waals surface area contributed by atoms with Crippen molar-refractivity contribution in [3.05, 3.63) is 30.1 Å². The number of aromatic nitrogens is 2. The second-order valence-corrected chi connectivity index (χ2v) is 7.81. The molecule has 2 heterocycles. The lowest BCUT2D eigenvalue weighted by atomic mass is 10.2. The molecule has 0 saturated carbocycles. The predicted octanol–water partition coefficient (Wildman–Crippen LogP) is 2.94. The van der Waals surface area contributed by atoms with Gasteiger partial charge in [-0.05, 0) is 18.6 Å². The Morgan fingerprint density at radius 2 is 2.08 bits per heavy atom. The smallest absolute Gasteiger partial charge is 0.240 e. The van der Waals surface area contributed by atoms with Gasteiger partial charge in [-0.25, -0.2) is 4.39 Å². The maximum absolute atomic E-state index is 13.9. The third-order valence-electron chi connectivity index (χ3n) is 4.02. The number of benzene rings is 1. The van der Waals surface area contributed by atoms with Crippen LogP contribution in [0.25, 0.3) is 0 Å². The molecule has 0 atom stereocenters. The SMILES string of the molecule is CCCSc1nsc(NC(=O)CN2CCN(c3ccccc3F)CC2)n1. The van der Waals surface area contributed by atoms with Crippen LogP contribution in [0.15, 0.2) is 29.4 Å². The number of rotatable bonds is 7. The molecule has 9 heteroatoms. The minimum absolute atomic E-state index is 0.0902. The number of nitrogens with one attached hydrogen (secondary N) is 1. The highest BCUT2D eigenvalue weighted by Gasteiger charge is 2.21. The topological polar surface area (TPSA) is 61.4 Å². The van der Waals surface area contributed by atoms with Gasteiger partial charge in [-0.2, -0.15) is 9.36 Å². The van der Waals surface area contributed by atoms with Crippen LogP contribution in [0.4, 0.5) is 15.2 Å². The van der Waals surface area contributed by atoms with Gasteiger partial charge in [0.2, 0.25) is 16.2 Å². The summed E-state index contributed by atoms with van der Waals surface area (Å²) >= 11 is 2.80. The first kappa shape index (κ1) is 19.1. The zero-order valence-corrected chi connectivity index (χ0v) is 16.3. The van der Waals surface area contributed by atoms with E-state index in [1.165, 1.54) is 17.6 Å². The Labute approximate surface area is 161 Å². The average molecular weight is 396 g/mol. The molecule has 0 aliphatic carbocycles. The maximum atomic E-state index is 13.9. The van der Waals surface area contributed by atoms with Crippen LogP contribution in [-0.2, 0) is 4.79 Å². The molecule has 3 rings (SSSR count). The zero-order valence-electron chi connectivity index (χ0n) is 14.7. The molecule has 1 aromatic carbocycles. The molecule has 0 bridgehead atoms. The number of halogens is 1. The number of hydrogen-bond acceptors (Lipinski definition) is 7. The summed E-state index contributed by atoms with van der Waals surface area (Å²) in [5.41, 5.74) is 0.627. The van der Waals surface area contributed by atoms with Crippen molar-refractivity contribution in [1.29, 1.82) is 0 Å². The van der Waals surface area contributed by atoms with E-state index in [1.807, 2.05) is 11.0 Å². The van der Waals surface area contributed by atoms with Gasteiger partial charge in [-0.1, -0.05) is 30.8 Å². The first-order chi connectivity index (χ1) is 12.7. The summed E-state index contributed by atoms with van der Waals surface area (Å²) in [4.78, 5) is 20.6. The van der Waals surface area contributed by atoms with Gasteiger partial charge in [0.15, 0.2) is 0 Å². The van der Waals surface area contributed by atoms with Crippen LogP contribution < -0.4 is 10.2 Å². The number of carbonyl (C=O) groups excluding carboxylic acids is 1. The summed E-state index contributed by atoms with van der Waals surface area (Å²) in [6, 6.07) is 6.80. The van der Waals surface area contributed by atoms with Crippen molar-refractivity contribution in [1.82, 2.24) is 14.3 Å². The second-order valence-electron chi connectivity index (χ2n) is 5.99. The summed E-state index contributed by atoms with van der Waals surface area (Å²) in [5.74, 6) is 0.676. The molecule has 26 heavy (non-hydrogen) atoms. The number of hydrogen-bond donors (Lipinski definition) is 1. The zero-order chi connectivity index (χ0) is 18.4. The van der Waals surface area contributed by atoms with E-state index in [2.05, 4.69) is 26.5 Å². The van der Waals surface area contributed by atoms with Crippen LogP contribution in [0.5, 0.6) is 0 Å². The number of carbonyl (C=O) groups is 1. The molecule has 2 aromatic rings. The fourth-order valence-electron chi connectivity index (χ4n) is 2.73. The van der Waals surface area contributed by atoms with Gasteiger partial charge >= 0.3 is 0 Å². The lowest BCUT2D eigenvalue weighted by Crippen LogP contribution is -2.48. The molecule has 140 valence electrons.